The van der Waals surface area contributed by atoms with Gasteiger partial charge >= 0.3 is 0 Å². The van der Waals surface area contributed by atoms with Crippen LogP contribution in [0.3, 0.4) is 0 Å². The topological polar surface area (TPSA) is 46.0 Å². The molecule has 0 saturated heterocycles. The number of hydrogen-bond donors (Lipinski definition) is 1. The van der Waals surface area contributed by atoms with Gasteiger partial charge in [0, 0.05) is 0 Å². The van der Waals surface area contributed by atoms with Crippen molar-refractivity contribution in [3.8, 4) is 0 Å². The zero-order chi connectivity index (χ0) is 11.5. The van der Waals surface area contributed by atoms with E-state index in [-0.39, 0.29) is 10.3 Å². The standard InChI is InChI=1S/C9H6F2N4S/c10-7-2-1-3-8(11)6(7)4-13-15-5-12-14-9(15)16/h1-5H,(H,14,16). The van der Waals surface area contributed by atoms with E-state index in [0.29, 0.717) is 0 Å². The minimum absolute atomic E-state index is 0.217. The van der Waals surface area contributed by atoms with E-state index < -0.39 is 11.6 Å². The average molecular weight is 240 g/mol. The van der Waals surface area contributed by atoms with Gasteiger partial charge in [0.05, 0.1) is 11.8 Å². The molecule has 16 heavy (non-hydrogen) atoms. The number of aromatic nitrogens is 3. The van der Waals surface area contributed by atoms with Gasteiger partial charge in [-0.1, -0.05) is 6.07 Å². The van der Waals surface area contributed by atoms with E-state index in [1.807, 2.05) is 0 Å². The largest absolute Gasteiger partial charge is 0.250 e. The van der Waals surface area contributed by atoms with Gasteiger partial charge in [-0.15, -0.1) is 0 Å². The number of aromatic amines is 1. The van der Waals surface area contributed by atoms with Crippen molar-refractivity contribution in [3.63, 3.8) is 0 Å². The molecule has 0 radical (unpaired) electrons. The highest BCUT2D eigenvalue weighted by Crippen LogP contribution is 2.09. The molecule has 7 heteroatoms. The molecule has 1 aromatic heterocycles. The number of hydrogen-bond acceptors (Lipinski definition) is 3. The van der Waals surface area contributed by atoms with E-state index in [4.69, 9.17) is 12.2 Å². The van der Waals surface area contributed by atoms with Crippen LogP contribution in [-0.2, 0) is 0 Å². The summed E-state index contributed by atoms with van der Waals surface area (Å²) in [6.45, 7) is 0. The van der Waals surface area contributed by atoms with Crippen LogP contribution in [0.1, 0.15) is 5.56 Å². The highest BCUT2D eigenvalue weighted by atomic mass is 32.1. The highest BCUT2D eigenvalue weighted by molar-refractivity contribution is 7.71. The Balaban J connectivity index is 2.38. The molecule has 0 atom stereocenters. The molecule has 0 aliphatic carbocycles. The summed E-state index contributed by atoms with van der Waals surface area (Å²) in [5.41, 5.74) is -0.217. The van der Waals surface area contributed by atoms with Crippen molar-refractivity contribution >= 4 is 18.4 Å². The first-order valence-corrected chi connectivity index (χ1v) is 4.69. The fourth-order valence-electron chi connectivity index (χ4n) is 1.08. The molecule has 0 bridgehead atoms. The van der Waals surface area contributed by atoms with Crippen LogP contribution in [0.15, 0.2) is 29.6 Å². The van der Waals surface area contributed by atoms with Crippen LogP contribution in [0.5, 0.6) is 0 Å². The Morgan fingerprint density at radius 1 is 1.38 bits per heavy atom. The normalized spacial score (nSPS) is 11.1. The van der Waals surface area contributed by atoms with Crippen LogP contribution in [0.25, 0.3) is 0 Å². The van der Waals surface area contributed by atoms with Crippen LogP contribution >= 0.6 is 12.2 Å². The summed E-state index contributed by atoms with van der Waals surface area (Å²) in [6, 6.07) is 3.59. The molecule has 0 fully saturated rings. The number of rotatable bonds is 2. The lowest BCUT2D eigenvalue weighted by molar-refractivity contribution is 0.580. The summed E-state index contributed by atoms with van der Waals surface area (Å²) in [6.07, 6.45) is 2.35. The number of halogens is 2. The third-order valence-corrected chi connectivity index (χ3v) is 2.12. The quantitative estimate of drug-likeness (QED) is 0.645. The maximum absolute atomic E-state index is 13.2. The van der Waals surface area contributed by atoms with Gasteiger partial charge < -0.3 is 0 Å². The highest BCUT2D eigenvalue weighted by Gasteiger charge is 2.04. The Labute approximate surface area is 94.2 Å². The second-order valence-electron chi connectivity index (χ2n) is 2.89. The molecule has 1 aromatic carbocycles. The van der Waals surface area contributed by atoms with Crippen LogP contribution in [0, 0.1) is 16.4 Å². The maximum atomic E-state index is 13.2. The smallest absolute Gasteiger partial charge is 0.216 e. The second kappa shape index (κ2) is 4.31. The molecule has 1 heterocycles. The van der Waals surface area contributed by atoms with E-state index in [1.54, 1.807) is 0 Å². The van der Waals surface area contributed by atoms with Gasteiger partial charge in [-0.05, 0) is 24.4 Å². The first-order chi connectivity index (χ1) is 7.68. The Morgan fingerprint density at radius 2 is 2.06 bits per heavy atom. The van der Waals surface area contributed by atoms with Crippen LogP contribution < -0.4 is 0 Å². The molecule has 2 aromatic rings. The summed E-state index contributed by atoms with van der Waals surface area (Å²) < 4.78 is 27.8. The van der Waals surface area contributed by atoms with Gasteiger partial charge in [0.25, 0.3) is 0 Å². The summed E-state index contributed by atoms with van der Waals surface area (Å²) in [7, 11) is 0. The predicted molar refractivity (Wildman–Crippen MR) is 56.8 cm³/mol. The summed E-state index contributed by atoms with van der Waals surface area (Å²) in [4.78, 5) is 0. The molecular weight excluding hydrogens is 234 g/mol. The van der Waals surface area contributed by atoms with Crippen LogP contribution in [-0.4, -0.2) is 21.1 Å². The molecular formula is C9H6F2N4S. The van der Waals surface area contributed by atoms with Crippen molar-refractivity contribution in [1.82, 2.24) is 14.9 Å². The van der Waals surface area contributed by atoms with Crippen molar-refractivity contribution in [3.05, 3.63) is 46.5 Å². The van der Waals surface area contributed by atoms with E-state index in [2.05, 4.69) is 15.3 Å². The Morgan fingerprint density at radius 3 is 2.62 bits per heavy atom. The molecule has 0 aliphatic heterocycles. The van der Waals surface area contributed by atoms with Crippen molar-refractivity contribution in [2.24, 2.45) is 5.10 Å². The van der Waals surface area contributed by atoms with E-state index in [9.17, 15) is 8.78 Å². The Bertz CT molecular complexity index is 567. The summed E-state index contributed by atoms with van der Waals surface area (Å²) in [5.74, 6) is -1.36. The van der Waals surface area contributed by atoms with Crippen molar-refractivity contribution in [2.45, 2.75) is 0 Å². The third-order valence-electron chi connectivity index (χ3n) is 1.85. The first-order valence-electron chi connectivity index (χ1n) is 4.29. The third kappa shape index (κ3) is 2.03. The van der Waals surface area contributed by atoms with Crippen molar-refractivity contribution in [1.29, 1.82) is 0 Å². The summed E-state index contributed by atoms with van der Waals surface area (Å²) >= 11 is 4.81. The zero-order valence-corrected chi connectivity index (χ0v) is 8.71. The monoisotopic (exact) mass is 240 g/mol. The summed E-state index contributed by atoms with van der Waals surface area (Å²) in [5, 5.41) is 9.84. The van der Waals surface area contributed by atoms with Crippen molar-refractivity contribution in [2.75, 3.05) is 0 Å². The minimum atomic E-state index is -0.682. The van der Waals surface area contributed by atoms with E-state index in [0.717, 1.165) is 18.3 Å². The lowest BCUT2D eigenvalue weighted by atomic mass is 10.2. The van der Waals surface area contributed by atoms with E-state index in [1.165, 1.54) is 17.1 Å². The minimum Gasteiger partial charge on any atom is -0.250 e. The van der Waals surface area contributed by atoms with Gasteiger partial charge in [0.15, 0.2) is 0 Å². The maximum Gasteiger partial charge on any atom is 0.216 e. The molecule has 2 rings (SSSR count). The fourth-order valence-corrected chi connectivity index (χ4v) is 1.23. The molecule has 0 saturated carbocycles. The number of nitrogens with zero attached hydrogens (tertiary/aromatic N) is 3. The Hall–Kier alpha value is -1.89. The molecule has 0 spiro atoms. The van der Waals surface area contributed by atoms with Crippen LogP contribution in [0.2, 0.25) is 0 Å². The fraction of sp³-hybridized carbons (Fsp3) is 0. The van der Waals surface area contributed by atoms with Crippen LogP contribution in [0.4, 0.5) is 8.78 Å². The SMILES string of the molecule is Fc1cccc(F)c1C=Nn1cn[nH]c1=S. The molecule has 1 N–H and O–H groups in total. The second-order valence-corrected chi connectivity index (χ2v) is 3.27. The van der Waals surface area contributed by atoms with Gasteiger partial charge in [-0.3, -0.25) is 5.10 Å². The van der Waals surface area contributed by atoms with Gasteiger partial charge in [-0.2, -0.15) is 14.9 Å². The number of benzene rings is 1. The molecule has 4 nitrogen and oxygen atoms in total. The van der Waals surface area contributed by atoms with Gasteiger partial charge in [-0.25, -0.2) is 8.78 Å². The molecule has 0 amide bonds. The lowest BCUT2D eigenvalue weighted by Gasteiger charge is -1.97. The van der Waals surface area contributed by atoms with Gasteiger partial charge in [0.2, 0.25) is 4.77 Å². The van der Waals surface area contributed by atoms with Gasteiger partial charge in [0.1, 0.15) is 18.0 Å². The zero-order valence-electron chi connectivity index (χ0n) is 7.89. The van der Waals surface area contributed by atoms with Crippen molar-refractivity contribution < 1.29 is 8.78 Å². The lowest BCUT2D eigenvalue weighted by Crippen LogP contribution is -1.96. The predicted octanol–water partition coefficient (Wildman–Crippen LogP) is 2.10. The van der Waals surface area contributed by atoms with E-state index >= 15 is 0 Å². The average Bonchev–Trinajstić information content (AvgIpc) is 2.64. The molecule has 82 valence electrons. The Kier molecular flexibility index (Phi) is 2.86. The first kappa shape index (κ1) is 10.6. The number of nitrogens with one attached hydrogen (secondary N) is 1. The molecule has 0 aliphatic rings. The number of H-pyrrole nitrogens is 1. The molecule has 0 unspecified atom stereocenters.